The van der Waals surface area contributed by atoms with Crippen LogP contribution in [-0.4, -0.2) is 16.1 Å². The van der Waals surface area contributed by atoms with Gasteiger partial charge in [-0.05, 0) is 181 Å². The maximum atomic E-state index is 14.5. The second-order valence-corrected chi connectivity index (χ2v) is 32.3. The minimum atomic E-state index is -2.16. The zero-order valence-electron chi connectivity index (χ0n) is 40.5. The van der Waals surface area contributed by atoms with Gasteiger partial charge in [0, 0.05) is 38.8 Å². The molecule has 0 amide bonds. The van der Waals surface area contributed by atoms with Gasteiger partial charge in [-0.25, -0.2) is 8.78 Å². The Morgan fingerprint density at radius 2 is 0.836 bits per heavy atom. The largest absolute Gasteiger partial charge is 0.310 e. The normalized spacial score (nSPS) is 13.5. The molecule has 9 aromatic carbocycles. The van der Waals surface area contributed by atoms with E-state index in [2.05, 4.69) is 198 Å². The van der Waals surface area contributed by atoms with Crippen molar-refractivity contribution in [3.8, 4) is 11.1 Å². The zero-order valence-corrected chi connectivity index (χ0v) is 42.5. The van der Waals surface area contributed by atoms with Crippen LogP contribution < -0.4 is 9.80 Å². The average Bonchev–Trinajstić information content (AvgIpc) is 3.62. The van der Waals surface area contributed by atoms with E-state index in [0.29, 0.717) is 11.8 Å². The lowest BCUT2D eigenvalue weighted by Crippen LogP contribution is -2.63. The SMILES string of the molecule is CC(C)c1ccc(N(c2ccc(F)cc2)c2ccc3cc4c(cc3c2)C([Si](C)(C)C)([Si](C)(C)C)c2c-4c3ccccc3c3cc(N(c4ccc(F)cc4)c4ccc(C(C)C)cc4)ccc23)cc1. The number of nitrogens with zero attached hydrogens (tertiary/aromatic N) is 2. The standard InChI is InChI=1S/C61H60F2N2Si2/c1-39(2)41-15-24-47(25-16-41)64(49-29-20-45(62)21-30-49)51-28-19-43-36-57-58(37-44(43)35-51)61(66(5,6)7,67(8,9)10)60-55-34-33-52(38-56(55)53-13-11-12-14-54(53)59(57)60)65(50-31-22-46(63)23-32-50)48-26-17-42(18-27-48)40(3)4/h11-40H,1-10H3. The van der Waals surface area contributed by atoms with E-state index in [1.807, 2.05) is 24.3 Å². The lowest BCUT2D eigenvalue weighted by Gasteiger charge is -2.51. The lowest BCUT2D eigenvalue weighted by atomic mass is 9.90. The summed E-state index contributed by atoms with van der Waals surface area (Å²) in [5.41, 5.74) is 14.2. The summed E-state index contributed by atoms with van der Waals surface area (Å²) in [7, 11) is -4.31. The quantitative estimate of drug-likeness (QED) is 0.0996. The summed E-state index contributed by atoms with van der Waals surface area (Å²) in [5, 5.41) is 7.45. The van der Waals surface area contributed by atoms with Crippen LogP contribution in [0.25, 0.3) is 43.4 Å². The van der Waals surface area contributed by atoms with Crippen molar-refractivity contribution in [3.63, 3.8) is 0 Å². The van der Waals surface area contributed by atoms with Crippen LogP contribution in [0.1, 0.15) is 61.8 Å². The Labute approximate surface area is 397 Å². The minimum Gasteiger partial charge on any atom is -0.310 e. The Morgan fingerprint density at radius 3 is 1.31 bits per heavy atom. The number of fused-ring (bicyclic) bond motifs is 9. The van der Waals surface area contributed by atoms with Crippen molar-refractivity contribution >= 4 is 82.6 Å². The van der Waals surface area contributed by atoms with E-state index < -0.39 is 16.1 Å². The molecule has 0 unspecified atom stereocenters. The molecule has 336 valence electrons. The Balaban J connectivity index is 1.23. The van der Waals surface area contributed by atoms with Gasteiger partial charge in [-0.2, -0.15) is 0 Å². The van der Waals surface area contributed by atoms with Crippen molar-refractivity contribution in [1.29, 1.82) is 0 Å². The van der Waals surface area contributed by atoms with Crippen LogP contribution in [0, 0.1) is 11.6 Å². The van der Waals surface area contributed by atoms with Crippen LogP contribution in [0.5, 0.6) is 0 Å². The van der Waals surface area contributed by atoms with Gasteiger partial charge >= 0.3 is 0 Å². The van der Waals surface area contributed by atoms with Crippen LogP contribution in [0.2, 0.25) is 39.3 Å². The first-order valence-electron chi connectivity index (χ1n) is 23.8. The molecule has 6 heteroatoms. The summed E-state index contributed by atoms with van der Waals surface area (Å²) in [5.74, 6) is 0.323. The molecular formula is C61H60F2N2Si2. The smallest absolute Gasteiger partial charge is 0.123 e. The topological polar surface area (TPSA) is 6.48 Å². The van der Waals surface area contributed by atoms with Crippen LogP contribution in [-0.2, 0) is 4.66 Å². The number of hydrogen-bond donors (Lipinski definition) is 0. The highest BCUT2D eigenvalue weighted by atomic mass is 28.4. The molecule has 9 aromatic rings. The Morgan fingerprint density at radius 1 is 0.403 bits per heavy atom. The van der Waals surface area contributed by atoms with E-state index in [1.54, 1.807) is 24.3 Å². The van der Waals surface area contributed by atoms with Gasteiger partial charge < -0.3 is 9.80 Å². The highest BCUT2D eigenvalue weighted by molar-refractivity contribution is 7.00. The molecule has 0 aromatic heterocycles. The highest BCUT2D eigenvalue weighted by Crippen LogP contribution is 2.62. The number of hydrogen-bond acceptors (Lipinski definition) is 2. The van der Waals surface area contributed by atoms with Gasteiger partial charge in [0.25, 0.3) is 0 Å². The third-order valence-corrected chi connectivity index (χ3v) is 24.6. The lowest BCUT2D eigenvalue weighted by molar-refractivity contribution is 0.627. The highest BCUT2D eigenvalue weighted by Gasteiger charge is 2.60. The molecule has 0 atom stereocenters. The summed E-state index contributed by atoms with van der Waals surface area (Å²) in [6.45, 7) is 24.4. The zero-order chi connectivity index (χ0) is 47.2. The van der Waals surface area contributed by atoms with Crippen molar-refractivity contribution in [2.45, 2.75) is 83.5 Å². The first kappa shape index (κ1) is 44.5. The summed E-state index contributed by atoms with van der Waals surface area (Å²) in [6.07, 6.45) is 0. The van der Waals surface area contributed by atoms with Crippen LogP contribution in [0.4, 0.5) is 42.9 Å². The fourth-order valence-corrected chi connectivity index (χ4v) is 24.9. The Kier molecular flexibility index (Phi) is 10.9. The molecule has 1 aliphatic carbocycles. The molecule has 0 saturated heterocycles. The van der Waals surface area contributed by atoms with Gasteiger partial charge in [0.05, 0.1) is 16.1 Å². The predicted molar refractivity (Wildman–Crippen MR) is 289 cm³/mol. The third-order valence-electron chi connectivity index (χ3n) is 14.6. The van der Waals surface area contributed by atoms with Crippen molar-refractivity contribution in [2.24, 2.45) is 0 Å². The van der Waals surface area contributed by atoms with E-state index in [4.69, 9.17) is 0 Å². The predicted octanol–water partition coefficient (Wildman–Crippen LogP) is 18.6. The molecule has 2 nitrogen and oxygen atoms in total. The number of anilines is 6. The number of rotatable bonds is 10. The Hall–Kier alpha value is -6.35. The van der Waals surface area contributed by atoms with E-state index in [1.165, 1.54) is 65.7 Å². The summed E-state index contributed by atoms with van der Waals surface area (Å²) >= 11 is 0. The van der Waals surface area contributed by atoms with E-state index >= 15 is 0 Å². The van der Waals surface area contributed by atoms with Crippen molar-refractivity contribution in [2.75, 3.05) is 9.80 Å². The summed E-state index contributed by atoms with van der Waals surface area (Å²) in [4.78, 5) is 4.52. The van der Waals surface area contributed by atoms with E-state index in [0.717, 1.165) is 34.1 Å². The molecule has 0 fully saturated rings. The van der Waals surface area contributed by atoms with Crippen LogP contribution >= 0.6 is 0 Å². The Bertz CT molecular complexity index is 3310. The van der Waals surface area contributed by atoms with Crippen molar-refractivity contribution in [3.05, 3.63) is 204 Å². The van der Waals surface area contributed by atoms with Gasteiger partial charge in [0.15, 0.2) is 0 Å². The number of benzene rings is 9. The van der Waals surface area contributed by atoms with E-state index in [-0.39, 0.29) is 16.3 Å². The molecule has 0 radical (unpaired) electrons. The maximum Gasteiger partial charge on any atom is 0.123 e. The van der Waals surface area contributed by atoms with Gasteiger partial charge in [-0.15, -0.1) is 0 Å². The number of halogens is 2. The van der Waals surface area contributed by atoms with Crippen LogP contribution in [0.15, 0.2) is 170 Å². The maximum absolute atomic E-state index is 14.5. The van der Waals surface area contributed by atoms with Crippen LogP contribution in [0.3, 0.4) is 0 Å². The molecule has 0 saturated carbocycles. The fraction of sp³-hybridized carbons (Fsp3) is 0.213. The van der Waals surface area contributed by atoms with Gasteiger partial charge in [-0.3, -0.25) is 0 Å². The molecule has 0 spiro atoms. The van der Waals surface area contributed by atoms with Gasteiger partial charge in [-0.1, -0.05) is 134 Å². The summed E-state index contributed by atoms with van der Waals surface area (Å²) < 4.78 is 28.8. The third kappa shape index (κ3) is 7.31. The van der Waals surface area contributed by atoms with Gasteiger partial charge in [0.2, 0.25) is 0 Å². The van der Waals surface area contributed by atoms with Gasteiger partial charge in [0.1, 0.15) is 11.6 Å². The molecular weight excluding hydrogens is 855 g/mol. The molecule has 67 heavy (non-hydrogen) atoms. The monoisotopic (exact) mass is 914 g/mol. The molecule has 1 aliphatic rings. The summed E-state index contributed by atoms with van der Waals surface area (Å²) in [6, 6.07) is 59.3. The second kappa shape index (κ2) is 16.5. The van der Waals surface area contributed by atoms with Crippen molar-refractivity contribution < 1.29 is 8.78 Å². The fourth-order valence-electron chi connectivity index (χ4n) is 11.8. The molecule has 0 heterocycles. The second-order valence-electron chi connectivity index (χ2n) is 21.3. The molecule has 10 rings (SSSR count). The molecule has 0 aliphatic heterocycles. The average molecular weight is 915 g/mol. The first-order chi connectivity index (χ1) is 32.0. The van der Waals surface area contributed by atoms with E-state index in [9.17, 15) is 8.78 Å². The van der Waals surface area contributed by atoms with Crippen molar-refractivity contribution in [1.82, 2.24) is 0 Å². The molecule has 0 N–H and O–H groups in total. The minimum absolute atomic E-state index is 0.161. The first-order valence-corrected chi connectivity index (χ1v) is 30.8. The molecule has 0 bridgehead atoms.